The summed E-state index contributed by atoms with van der Waals surface area (Å²) >= 11 is 0. The molecule has 2 unspecified atom stereocenters. The molecule has 2 atom stereocenters. The Kier molecular flexibility index (Phi) is 2.11. The molecule has 2 aliphatic heterocycles. The molecule has 64 valence electrons. The van der Waals surface area contributed by atoms with E-state index < -0.39 is 0 Å². The summed E-state index contributed by atoms with van der Waals surface area (Å²) in [5.41, 5.74) is 0. The molecule has 3 nitrogen and oxygen atoms in total. The van der Waals surface area contributed by atoms with Crippen LogP contribution in [0.1, 0.15) is 6.42 Å². The smallest absolute Gasteiger partial charge is 0.0964 e. The van der Waals surface area contributed by atoms with Crippen LogP contribution < -0.4 is 0 Å². The summed E-state index contributed by atoms with van der Waals surface area (Å²) in [6.45, 7) is 3.73. The molecule has 2 fully saturated rings. The van der Waals surface area contributed by atoms with Gasteiger partial charge in [0, 0.05) is 13.1 Å². The Hall–Kier alpha value is -0.120. The molecule has 2 aliphatic rings. The standard InChI is InChI=1S/C8H15NO2/c1-9-3-2-7-8(6-9)11-5-4-10-7/h7-8H,2-6H2,1H3. The number of likely N-dealkylation sites (tertiary alicyclic amines) is 1. The van der Waals surface area contributed by atoms with Crippen LogP contribution in [0.25, 0.3) is 0 Å². The van der Waals surface area contributed by atoms with Crippen molar-refractivity contribution in [1.29, 1.82) is 0 Å². The van der Waals surface area contributed by atoms with Gasteiger partial charge in [0.15, 0.2) is 0 Å². The van der Waals surface area contributed by atoms with Crippen LogP contribution in [0, 0.1) is 0 Å². The number of hydrogen-bond donors (Lipinski definition) is 0. The molecule has 0 aromatic carbocycles. The maximum absolute atomic E-state index is 5.59. The molecule has 0 aromatic rings. The first-order valence-corrected chi connectivity index (χ1v) is 4.28. The predicted octanol–water partition coefficient (Wildman–Crippen LogP) is 0.106. The Balaban J connectivity index is 1.93. The predicted molar refractivity (Wildman–Crippen MR) is 41.6 cm³/mol. The van der Waals surface area contributed by atoms with E-state index in [1.165, 1.54) is 0 Å². The molecule has 0 saturated carbocycles. The lowest BCUT2D eigenvalue weighted by Crippen LogP contribution is -2.50. The largest absolute Gasteiger partial charge is 0.373 e. The zero-order valence-electron chi connectivity index (χ0n) is 6.95. The third-order valence-corrected chi connectivity index (χ3v) is 2.45. The molecule has 0 aliphatic carbocycles. The van der Waals surface area contributed by atoms with Crippen LogP contribution in [0.3, 0.4) is 0 Å². The van der Waals surface area contributed by atoms with Gasteiger partial charge in [0.1, 0.15) is 0 Å². The van der Waals surface area contributed by atoms with E-state index >= 15 is 0 Å². The molecule has 0 radical (unpaired) electrons. The second-order valence-corrected chi connectivity index (χ2v) is 3.37. The normalized spacial score (nSPS) is 40.1. The second-order valence-electron chi connectivity index (χ2n) is 3.37. The average molecular weight is 157 g/mol. The van der Waals surface area contributed by atoms with Gasteiger partial charge in [-0.3, -0.25) is 0 Å². The molecular formula is C8H15NO2. The molecule has 11 heavy (non-hydrogen) atoms. The number of rotatable bonds is 0. The molecule has 0 aromatic heterocycles. The van der Waals surface area contributed by atoms with Gasteiger partial charge in [0.2, 0.25) is 0 Å². The van der Waals surface area contributed by atoms with E-state index in [-0.39, 0.29) is 0 Å². The van der Waals surface area contributed by atoms with E-state index in [9.17, 15) is 0 Å². The molecule has 0 N–H and O–H groups in total. The van der Waals surface area contributed by atoms with Crippen molar-refractivity contribution in [1.82, 2.24) is 4.90 Å². The van der Waals surface area contributed by atoms with Crippen molar-refractivity contribution in [2.75, 3.05) is 33.4 Å². The van der Waals surface area contributed by atoms with Crippen molar-refractivity contribution in [3.8, 4) is 0 Å². The van der Waals surface area contributed by atoms with E-state index in [0.717, 1.165) is 32.7 Å². The van der Waals surface area contributed by atoms with Gasteiger partial charge in [-0.05, 0) is 13.5 Å². The SMILES string of the molecule is CN1CCC2OCCOC2C1. The molecule has 3 heteroatoms. The molecule has 0 bridgehead atoms. The Bertz CT molecular complexity index is 140. The Morgan fingerprint density at radius 3 is 2.73 bits per heavy atom. The monoisotopic (exact) mass is 157 g/mol. The molecular weight excluding hydrogens is 142 g/mol. The maximum Gasteiger partial charge on any atom is 0.0964 e. The first-order chi connectivity index (χ1) is 5.36. The molecule has 2 heterocycles. The van der Waals surface area contributed by atoms with Gasteiger partial charge in [0.25, 0.3) is 0 Å². The minimum absolute atomic E-state index is 0.336. The Labute approximate surface area is 67.3 Å². The van der Waals surface area contributed by atoms with Gasteiger partial charge in [0.05, 0.1) is 25.4 Å². The van der Waals surface area contributed by atoms with Crippen molar-refractivity contribution in [3.05, 3.63) is 0 Å². The second kappa shape index (κ2) is 3.09. The lowest BCUT2D eigenvalue weighted by molar-refractivity contribution is -0.162. The highest BCUT2D eigenvalue weighted by Gasteiger charge is 2.31. The third kappa shape index (κ3) is 1.55. The highest BCUT2D eigenvalue weighted by molar-refractivity contribution is 4.82. The van der Waals surface area contributed by atoms with Crippen molar-refractivity contribution in [2.24, 2.45) is 0 Å². The van der Waals surface area contributed by atoms with E-state index in [1.807, 2.05) is 0 Å². The van der Waals surface area contributed by atoms with E-state index in [4.69, 9.17) is 9.47 Å². The molecule has 0 spiro atoms. The summed E-state index contributed by atoms with van der Waals surface area (Å²) in [5, 5.41) is 0. The van der Waals surface area contributed by atoms with Crippen molar-refractivity contribution in [2.45, 2.75) is 18.6 Å². The lowest BCUT2D eigenvalue weighted by Gasteiger charge is -2.39. The fourth-order valence-electron chi connectivity index (χ4n) is 1.80. The number of piperidine rings is 1. The van der Waals surface area contributed by atoms with Crippen LogP contribution in [0.2, 0.25) is 0 Å². The quantitative estimate of drug-likeness (QED) is 0.498. The fraction of sp³-hybridized carbons (Fsp3) is 1.00. The summed E-state index contributed by atoms with van der Waals surface area (Å²) in [4.78, 5) is 2.30. The summed E-state index contributed by atoms with van der Waals surface area (Å²) < 4.78 is 11.2. The zero-order valence-corrected chi connectivity index (χ0v) is 6.95. The highest BCUT2D eigenvalue weighted by atomic mass is 16.6. The minimum atomic E-state index is 0.336. The summed E-state index contributed by atoms with van der Waals surface area (Å²) in [5.74, 6) is 0. The molecule has 0 amide bonds. The molecule has 2 saturated heterocycles. The summed E-state index contributed by atoms with van der Waals surface area (Å²) in [6.07, 6.45) is 1.84. The Morgan fingerprint density at radius 2 is 1.91 bits per heavy atom. The van der Waals surface area contributed by atoms with Gasteiger partial charge < -0.3 is 14.4 Å². The number of nitrogens with zero attached hydrogens (tertiary/aromatic N) is 1. The van der Waals surface area contributed by atoms with E-state index in [1.54, 1.807) is 0 Å². The first-order valence-electron chi connectivity index (χ1n) is 4.28. The van der Waals surface area contributed by atoms with Crippen molar-refractivity contribution in [3.63, 3.8) is 0 Å². The Morgan fingerprint density at radius 1 is 1.18 bits per heavy atom. The van der Waals surface area contributed by atoms with E-state index in [2.05, 4.69) is 11.9 Å². The lowest BCUT2D eigenvalue weighted by atomic mass is 10.0. The van der Waals surface area contributed by atoms with E-state index in [0.29, 0.717) is 12.2 Å². The van der Waals surface area contributed by atoms with Crippen LogP contribution in [0.4, 0.5) is 0 Å². The van der Waals surface area contributed by atoms with Crippen LogP contribution in [-0.2, 0) is 9.47 Å². The van der Waals surface area contributed by atoms with Gasteiger partial charge in [-0.2, -0.15) is 0 Å². The van der Waals surface area contributed by atoms with Gasteiger partial charge in [-0.25, -0.2) is 0 Å². The van der Waals surface area contributed by atoms with Crippen LogP contribution in [0.15, 0.2) is 0 Å². The summed E-state index contributed by atoms with van der Waals surface area (Å²) in [7, 11) is 2.13. The number of likely N-dealkylation sites (N-methyl/N-ethyl adjacent to an activating group) is 1. The zero-order chi connectivity index (χ0) is 7.68. The fourth-order valence-corrected chi connectivity index (χ4v) is 1.80. The van der Waals surface area contributed by atoms with Gasteiger partial charge >= 0.3 is 0 Å². The first kappa shape index (κ1) is 7.53. The third-order valence-electron chi connectivity index (χ3n) is 2.45. The highest BCUT2D eigenvalue weighted by Crippen LogP contribution is 2.18. The molecule has 2 rings (SSSR count). The van der Waals surface area contributed by atoms with Gasteiger partial charge in [-0.1, -0.05) is 0 Å². The minimum Gasteiger partial charge on any atom is -0.373 e. The van der Waals surface area contributed by atoms with Crippen molar-refractivity contribution < 1.29 is 9.47 Å². The van der Waals surface area contributed by atoms with Gasteiger partial charge in [-0.15, -0.1) is 0 Å². The topological polar surface area (TPSA) is 21.7 Å². The van der Waals surface area contributed by atoms with Crippen LogP contribution in [-0.4, -0.2) is 50.5 Å². The number of fused-ring (bicyclic) bond motifs is 1. The maximum atomic E-state index is 5.59. The number of ether oxygens (including phenoxy) is 2. The van der Waals surface area contributed by atoms with Crippen molar-refractivity contribution >= 4 is 0 Å². The number of hydrogen-bond acceptors (Lipinski definition) is 3. The average Bonchev–Trinajstić information content (AvgIpc) is 2.04. The van der Waals surface area contributed by atoms with Crippen LogP contribution >= 0.6 is 0 Å². The van der Waals surface area contributed by atoms with Crippen LogP contribution in [0.5, 0.6) is 0 Å². The summed E-state index contributed by atoms with van der Waals surface area (Å²) in [6, 6.07) is 0.